The van der Waals surface area contributed by atoms with Crippen molar-refractivity contribution in [1.29, 1.82) is 0 Å². The first kappa shape index (κ1) is 19.1. The molecule has 3 rings (SSSR count). The van der Waals surface area contributed by atoms with Gasteiger partial charge >= 0.3 is 0 Å². The maximum atomic E-state index is 12.8. The van der Waals surface area contributed by atoms with Gasteiger partial charge in [0.25, 0.3) is 0 Å². The maximum absolute atomic E-state index is 12.8. The molecule has 2 aromatic rings. The first-order chi connectivity index (χ1) is 12.9. The Morgan fingerprint density at radius 2 is 1.89 bits per heavy atom. The Morgan fingerprint density at radius 1 is 1.22 bits per heavy atom. The van der Waals surface area contributed by atoms with E-state index < -0.39 is 0 Å². The third-order valence-corrected chi connectivity index (χ3v) is 4.98. The van der Waals surface area contributed by atoms with Gasteiger partial charge in [0.1, 0.15) is 0 Å². The molecule has 1 unspecified atom stereocenters. The minimum atomic E-state index is -0.313. The van der Waals surface area contributed by atoms with Crippen molar-refractivity contribution < 1.29 is 14.1 Å². The second kappa shape index (κ2) is 8.33. The summed E-state index contributed by atoms with van der Waals surface area (Å²) in [4.78, 5) is 30.6. The first-order valence-corrected chi connectivity index (χ1v) is 9.34. The molecule has 0 aliphatic carbocycles. The SMILES string of the molecule is CC(=O)NC(CC(=O)N1CCC(c2nc(C)no2)CC1)c1ccc(C)cc1. The minimum absolute atomic E-state index is 0.0504. The lowest BCUT2D eigenvalue weighted by molar-refractivity contribution is -0.133. The van der Waals surface area contributed by atoms with Crippen molar-refractivity contribution in [2.24, 2.45) is 0 Å². The number of rotatable bonds is 5. The molecule has 27 heavy (non-hydrogen) atoms. The van der Waals surface area contributed by atoms with Gasteiger partial charge in [-0.25, -0.2) is 0 Å². The third-order valence-electron chi connectivity index (χ3n) is 4.98. The van der Waals surface area contributed by atoms with Crippen molar-refractivity contribution in [3.63, 3.8) is 0 Å². The van der Waals surface area contributed by atoms with Crippen molar-refractivity contribution >= 4 is 11.8 Å². The van der Waals surface area contributed by atoms with Crippen LogP contribution in [-0.2, 0) is 9.59 Å². The van der Waals surface area contributed by atoms with Gasteiger partial charge in [-0.15, -0.1) is 0 Å². The van der Waals surface area contributed by atoms with E-state index in [0.29, 0.717) is 24.8 Å². The van der Waals surface area contributed by atoms with Gasteiger partial charge in [-0.05, 0) is 32.3 Å². The van der Waals surface area contributed by atoms with E-state index in [2.05, 4.69) is 15.5 Å². The van der Waals surface area contributed by atoms with Gasteiger partial charge in [0, 0.05) is 25.9 Å². The van der Waals surface area contributed by atoms with Gasteiger partial charge in [-0.3, -0.25) is 9.59 Å². The number of nitrogens with one attached hydrogen (secondary N) is 1. The zero-order valence-electron chi connectivity index (χ0n) is 16.1. The number of hydrogen-bond acceptors (Lipinski definition) is 5. The number of aromatic nitrogens is 2. The number of carbonyl (C=O) groups excluding carboxylic acids is 2. The predicted octanol–water partition coefficient (Wildman–Crippen LogP) is 2.66. The molecular weight excluding hydrogens is 344 g/mol. The van der Waals surface area contributed by atoms with Crippen LogP contribution in [0.15, 0.2) is 28.8 Å². The molecule has 0 radical (unpaired) electrons. The summed E-state index contributed by atoms with van der Waals surface area (Å²) >= 11 is 0. The summed E-state index contributed by atoms with van der Waals surface area (Å²) in [7, 11) is 0. The largest absolute Gasteiger partial charge is 0.349 e. The smallest absolute Gasteiger partial charge is 0.229 e. The fourth-order valence-corrected chi connectivity index (χ4v) is 3.45. The summed E-state index contributed by atoms with van der Waals surface area (Å²) in [5.74, 6) is 1.42. The Bertz CT molecular complexity index is 792. The van der Waals surface area contributed by atoms with Crippen LogP contribution >= 0.6 is 0 Å². The van der Waals surface area contributed by atoms with Gasteiger partial charge in [0.15, 0.2) is 5.82 Å². The van der Waals surface area contributed by atoms with Crippen LogP contribution in [-0.4, -0.2) is 39.9 Å². The summed E-state index contributed by atoms with van der Waals surface area (Å²) in [6.07, 6.45) is 1.87. The van der Waals surface area contributed by atoms with E-state index in [0.717, 1.165) is 24.0 Å². The van der Waals surface area contributed by atoms with Crippen molar-refractivity contribution in [2.45, 2.75) is 52.0 Å². The molecule has 1 aromatic carbocycles. The van der Waals surface area contributed by atoms with Gasteiger partial charge in [0.2, 0.25) is 17.7 Å². The molecule has 0 spiro atoms. The Morgan fingerprint density at radius 3 is 2.44 bits per heavy atom. The van der Waals surface area contributed by atoms with E-state index in [1.54, 1.807) is 6.92 Å². The zero-order valence-corrected chi connectivity index (χ0v) is 16.1. The van der Waals surface area contributed by atoms with Crippen LogP contribution < -0.4 is 5.32 Å². The molecule has 1 aromatic heterocycles. The Hall–Kier alpha value is -2.70. The molecule has 1 atom stereocenters. The molecule has 1 aliphatic rings. The molecule has 2 heterocycles. The highest BCUT2D eigenvalue weighted by Gasteiger charge is 2.28. The standard InChI is InChI=1S/C20H26N4O3/c1-13-4-6-16(7-5-13)18(22-15(3)25)12-19(26)24-10-8-17(9-11-24)20-21-14(2)23-27-20/h4-7,17-18H,8-12H2,1-3H3,(H,22,25). The fraction of sp³-hybridized carbons (Fsp3) is 0.500. The summed E-state index contributed by atoms with van der Waals surface area (Å²) < 4.78 is 5.26. The number of amides is 2. The zero-order chi connectivity index (χ0) is 19.4. The number of carbonyl (C=O) groups is 2. The second-order valence-corrected chi connectivity index (χ2v) is 7.20. The van der Waals surface area contributed by atoms with Gasteiger partial charge < -0.3 is 14.7 Å². The fourth-order valence-electron chi connectivity index (χ4n) is 3.45. The lowest BCUT2D eigenvalue weighted by Gasteiger charge is -2.31. The minimum Gasteiger partial charge on any atom is -0.349 e. The molecule has 1 saturated heterocycles. The van der Waals surface area contributed by atoms with Crippen molar-refractivity contribution in [2.75, 3.05) is 13.1 Å². The van der Waals surface area contributed by atoms with Crippen LogP contribution in [0.5, 0.6) is 0 Å². The normalized spacial score (nSPS) is 16.2. The summed E-state index contributed by atoms with van der Waals surface area (Å²) in [6.45, 7) is 6.61. The van der Waals surface area contributed by atoms with Crippen LogP contribution in [0, 0.1) is 13.8 Å². The van der Waals surface area contributed by atoms with Gasteiger partial charge in [0.05, 0.1) is 12.5 Å². The topological polar surface area (TPSA) is 88.3 Å². The van der Waals surface area contributed by atoms with E-state index in [1.807, 2.05) is 36.1 Å². The van der Waals surface area contributed by atoms with Crippen LogP contribution in [0.1, 0.15) is 61.0 Å². The van der Waals surface area contributed by atoms with Crippen molar-refractivity contribution in [3.8, 4) is 0 Å². The molecule has 7 heteroatoms. The Kier molecular flexibility index (Phi) is 5.88. The molecular formula is C20H26N4O3. The summed E-state index contributed by atoms with van der Waals surface area (Å²) in [5, 5.41) is 6.75. The number of likely N-dealkylation sites (tertiary alicyclic amines) is 1. The molecule has 0 saturated carbocycles. The molecule has 1 N–H and O–H groups in total. The van der Waals surface area contributed by atoms with Crippen LogP contribution in [0.4, 0.5) is 0 Å². The van der Waals surface area contributed by atoms with Crippen LogP contribution in [0.25, 0.3) is 0 Å². The van der Waals surface area contributed by atoms with Gasteiger partial charge in [-0.2, -0.15) is 4.98 Å². The highest BCUT2D eigenvalue weighted by molar-refractivity contribution is 5.79. The molecule has 1 fully saturated rings. The first-order valence-electron chi connectivity index (χ1n) is 9.34. The molecule has 1 aliphatic heterocycles. The summed E-state index contributed by atoms with van der Waals surface area (Å²) in [6, 6.07) is 7.60. The highest BCUT2D eigenvalue weighted by atomic mass is 16.5. The van der Waals surface area contributed by atoms with Gasteiger partial charge in [-0.1, -0.05) is 35.0 Å². The highest BCUT2D eigenvalue weighted by Crippen LogP contribution is 2.28. The van der Waals surface area contributed by atoms with E-state index in [4.69, 9.17) is 4.52 Å². The molecule has 0 bridgehead atoms. The van der Waals surface area contributed by atoms with E-state index in [9.17, 15) is 9.59 Å². The number of piperidine rings is 1. The van der Waals surface area contributed by atoms with E-state index in [-0.39, 0.29) is 30.2 Å². The van der Waals surface area contributed by atoms with Crippen LogP contribution in [0.2, 0.25) is 0 Å². The second-order valence-electron chi connectivity index (χ2n) is 7.20. The van der Waals surface area contributed by atoms with Crippen molar-refractivity contribution in [1.82, 2.24) is 20.4 Å². The number of hydrogen-bond donors (Lipinski definition) is 1. The van der Waals surface area contributed by atoms with Crippen LogP contribution in [0.3, 0.4) is 0 Å². The number of aryl methyl sites for hydroxylation is 2. The Labute approximate surface area is 159 Å². The van der Waals surface area contributed by atoms with E-state index in [1.165, 1.54) is 6.92 Å². The summed E-state index contributed by atoms with van der Waals surface area (Å²) in [5.41, 5.74) is 2.09. The monoisotopic (exact) mass is 370 g/mol. The van der Waals surface area contributed by atoms with Crippen molar-refractivity contribution in [3.05, 3.63) is 47.1 Å². The average molecular weight is 370 g/mol. The lowest BCUT2D eigenvalue weighted by atomic mass is 9.95. The average Bonchev–Trinajstić information content (AvgIpc) is 3.08. The van der Waals surface area contributed by atoms with E-state index >= 15 is 0 Å². The number of benzene rings is 1. The maximum Gasteiger partial charge on any atom is 0.229 e. The quantitative estimate of drug-likeness (QED) is 0.874. The Balaban J connectivity index is 1.60. The molecule has 7 nitrogen and oxygen atoms in total. The molecule has 2 amide bonds. The molecule has 144 valence electrons. The number of nitrogens with zero attached hydrogens (tertiary/aromatic N) is 3. The lowest BCUT2D eigenvalue weighted by Crippen LogP contribution is -2.40. The third kappa shape index (κ3) is 4.93. The predicted molar refractivity (Wildman–Crippen MR) is 99.9 cm³/mol.